The fraction of sp³-hybridized carbons (Fsp3) is 0.182. The third-order valence-corrected chi connectivity index (χ3v) is 1.89. The number of esters is 1. The minimum absolute atomic E-state index is 0.402. The van der Waals surface area contributed by atoms with Crippen molar-refractivity contribution in [2.24, 2.45) is 5.10 Å². The first-order valence-electron chi connectivity index (χ1n) is 4.72. The normalized spacial score (nSPS) is 10.0. The Morgan fingerprint density at radius 1 is 1.18 bits per heavy atom. The van der Waals surface area contributed by atoms with Crippen LogP contribution in [-0.2, 0) is 9.47 Å². The van der Waals surface area contributed by atoms with Crippen molar-refractivity contribution in [3.05, 3.63) is 35.4 Å². The number of carbonyl (C=O) groups excluding carboxylic acids is 2. The fourth-order valence-corrected chi connectivity index (χ4v) is 1.03. The Morgan fingerprint density at radius 3 is 2.35 bits per heavy atom. The van der Waals surface area contributed by atoms with Gasteiger partial charge in [0, 0.05) is 0 Å². The smallest absolute Gasteiger partial charge is 0.427 e. The molecule has 1 N–H and O–H groups in total. The van der Waals surface area contributed by atoms with E-state index in [1.165, 1.54) is 20.4 Å². The van der Waals surface area contributed by atoms with Crippen molar-refractivity contribution >= 4 is 18.3 Å². The highest BCUT2D eigenvalue weighted by Gasteiger charge is 2.03. The molecular weight excluding hydrogens is 224 g/mol. The second-order valence-corrected chi connectivity index (χ2v) is 2.98. The highest BCUT2D eigenvalue weighted by molar-refractivity contribution is 5.90. The number of methoxy groups -OCH3 is 2. The third-order valence-electron chi connectivity index (χ3n) is 1.89. The lowest BCUT2D eigenvalue weighted by molar-refractivity contribution is 0.0600. The summed E-state index contributed by atoms with van der Waals surface area (Å²) in [7, 11) is 2.56. The van der Waals surface area contributed by atoms with Gasteiger partial charge in [0.1, 0.15) is 0 Å². The molecule has 0 spiro atoms. The molecule has 0 aromatic heterocycles. The van der Waals surface area contributed by atoms with E-state index in [0.717, 1.165) is 5.56 Å². The van der Waals surface area contributed by atoms with Gasteiger partial charge < -0.3 is 9.47 Å². The summed E-state index contributed by atoms with van der Waals surface area (Å²) in [5.41, 5.74) is 3.33. The maximum atomic E-state index is 11.1. The van der Waals surface area contributed by atoms with Gasteiger partial charge in [0.2, 0.25) is 0 Å². The van der Waals surface area contributed by atoms with Crippen LogP contribution in [0.5, 0.6) is 0 Å². The molecule has 1 aromatic rings. The molecule has 1 aromatic carbocycles. The second-order valence-electron chi connectivity index (χ2n) is 2.98. The minimum Gasteiger partial charge on any atom is -0.465 e. The van der Waals surface area contributed by atoms with E-state index in [4.69, 9.17) is 0 Å². The number of amides is 1. The summed E-state index contributed by atoms with van der Waals surface area (Å²) in [5, 5.41) is 3.64. The molecule has 1 rings (SSSR count). The summed E-state index contributed by atoms with van der Waals surface area (Å²) in [5.74, 6) is -0.402. The average Bonchev–Trinajstić information content (AvgIpc) is 2.38. The molecule has 0 aliphatic heterocycles. The lowest BCUT2D eigenvalue weighted by Crippen LogP contribution is -2.16. The molecule has 1 amide bonds. The van der Waals surface area contributed by atoms with Gasteiger partial charge in [-0.3, -0.25) is 0 Å². The molecule has 0 radical (unpaired) electrons. The van der Waals surface area contributed by atoms with E-state index >= 15 is 0 Å². The molecule has 0 fully saturated rings. The summed E-state index contributed by atoms with van der Waals surface area (Å²) in [6.07, 6.45) is 0.783. The quantitative estimate of drug-likeness (QED) is 0.485. The average molecular weight is 236 g/mol. The van der Waals surface area contributed by atoms with E-state index in [0.29, 0.717) is 5.56 Å². The summed E-state index contributed by atoms with van der Waals surface area (Å²) in [4.78, 5) is 21.8. The van der Waals surface area contributed by atoms with Crippen molar-refractivity contribution < 1.29 is 19.1 Å². The maximum Gasteiger partial charge on any atom is 0.427 e. The van der Waals surface area contributed by atoms with Crippen LogP contribution < -0.4 is 5.43 Å². The first-order chi connectivity index (χ1) is 8.17. The third kappa shape index (κ3) is 3.94. The van der Waals surface area contributed by atoms with E-state index < -0.39 is 12.1 Å². The molecule has 0 aliphatic rings. The van der Waals surface area contributed by atoms with E-state index in [-0.39, 0.29) is 0 Å². The zero-order valence-corrected chi connectivity index (χ0v) is 9.47. The monoisotopic (exact) mass is 236 g/mol. The molecule has 0 saturated heterocycles. The number of benzene rings is 1. The highest BCUT2D eigenvalue weighted by Crippen LogP contribution is 2.03. The minimum atomic E-state index is -0.646. The van der Waals surface area contributed by atoms with E-state index in [1.54, 1.807) is 24.3 Å². The maximum absolute atomic E-state index is 11.1. The SMILES string of the molecule is COC(=O)N/N=C/c1ccc(C(=O)OC)cc1. The number of nitrogens with one attached hydrogen (secondary N) is 1. The number of hydrogen-bond donors (Lipinski definition) is 1. The highest BCUT2D eigenvalue weighted by atomic mass is 16.5. The van der Waals surface area contributed by atoms with E-state index in [9.17, 15) is 9.59 Å². The van der Waals surface area contributed by atoms with Crippen LogP contribution in [0, 0.1) is 0 Å². The Bertz CT molecular complexity index is 426. The number of nitrogens with zero attached hydrogens (tertiary/aromatic N) is 1. The van der Waals surface area contributed by atoms with Gasteiger partial charge in [-0.15, -0.1) is 0 Å². The van der Waals surface area contributed by atoms with Crippen LogP contribution in [-0.4, -0.2) is 32.5 Å². The molecule has 0 heterocycles. The Morgan fingerprint density at radius 2 is 1.82 bits per heavy atom. The van der Waals surface area contributed by atoms with Crippen molar-refractivity contribution in [3.8, 4) is 0 Å². The van der Waals surface area contributed by atoms with Gasteiger partial charge in [0.25, 0.3) is 0 Å². The molecular formula is C11H12N2O4. The Kier molecular flexibility index (Phi) is 4.68. The van der Waals surface area contributed by atoms with Gasteiger partial charge >= 0.3 is 12.1 Å². The molecule has 0 unspecified atom stereocenters. The van der Waals surface area contributed by atoms with Gasteiger partial charge in [0.05, 0.1) is 26.0 Å². The van der Waals surface area contributed by atoms with Crippen LogP contribution in [0.3, 0.4) is 0 Å². The van der Waals surface area contributed by atoms with E-state index in [1.807, 2.05) is 0 Å². The second kappa shape index (κ2) is 6.26. The summed E-state index contributed by atoms with van der Waals surface area (Å²) in [6.45, 7) is 0. The van der Waals surface area contributed by atoms with Crippen molar-refractivity contribution in [1.29, 1.82) is 0 Å². The molecule has 0 saturated carbocycles. The molecule has 6 heteroatoms. The van der Waals surface area contributed by atoms with Crippen LogP contribution in [0.25, 0.3) is 0 Å². The van der Waals surface area contributed by atoms with Crippen LogP contribution >= 0.6 is 0 Å². The lowest BCUT2D eigenvalue weighted by Gasteiger charge is -1.99. The topological polar surface area (TPSA) is 77.0 Å². The van der Waals surface area contributed by atoms with Crippen LogP contribution in [0.15, 0.2) is 29.4 Å². The van der Waals surface area contributed by atoms with Gasteiger partial charge in [-0.25, -0.2) is 15.0 Å². The zero-order valence-electron chi connectivity index (χ0n) is 9.47. The Labute approximate surface area is 98.2 Å². The van der Waals surface area contributed by atoms with Crippen LogP contribution in [0.4, 0.5) is 4.79 Å². The van der Waals surface area contributed by atoms with Gasteiger partial charge in [-0.1, -0.05) is 12.1 Å². The Hall–Kier alpha value is -2.37. The van der Waals surface area contributed by atoms with E-state index in [2.05, 4.69) is 20.0 Å². The standard InChI is InChI=1S/C11H12N2O4/c1-16-10(14)9-5-3-8(4-6-9)7-12-13-11(15)17-2/h3-7H,1-2H3,(H,13,15)/b12-7+. The predicted molar refractivity (Wildman–Crippen MR) is 60.9 cm³/mol. The van der Waals surface area contributed by atoms with Crippen molar-refractivity contribution in [2.75, 3.05) is 14.2 Å². The number of ether oxygens (including phenoxy) is 2. The van der Waals surface area contributed by atoms with Gasteiger partial charge in [0.15, 0.2) is 0 Å². The number of carbonyl (C=O) groups is 2. The summed E-state index contributed by atoms with van der Waals surface area (Å²) < 4.78 is 8.89. The predicted octanol–water partition coefficient (Wildman–Crippen LogP) is 1.16. The summed E-state index contributed by atoms with van der Waals surface area (Å²) in [6, 6.07) is 6.56. The molecule has 90 valence electrons. The number of rotatable bonds is 3. The molecule has 0 atom stereocenters. The van der Waals surface area contributed by atoms with Crippen LogP contribution in [0.2, 0.25) is 0 Å². The molecule has 0 aliphatic carbocycles. The zero-order chi connectivity index (χ0) is 12.7. The number of hydrogen-bond acceptors (Lipinski definition) is 5. The Balaban J connectivity index is 2.62. The molecule has 0 bridgehead atoms. The summed E-state index contributed by atoms with van der Waals surface area (Å²) >= 11 is 0. The fourth-order valence-electron chi connectivity index (χ4n) is 1.03. The largest absolute Gasteiger partial charge is 0.465 e. The van der Waals surface area contributed by atoms with Gasteiger partial charge in [-0.05, 0) is 17.7 Å². The van der Waals surface area contributed by atoms with Gasteiger partial charge in [-0.2, -0.15) is 5.10 Å². The van der Waals surface area contributed by atoms with Crippen molar-refractivity contribution in [3.63, 3.8) is 0 Å². The first-order valence-corrected chi connectivity index (χ1v) is 4.72. The van der Waals surface area contributed by atoms with Crippen molar-refractivity contribution in [1.82, 2.24) is 5.43 Å². The lowest BCUT2D eigenvalue weighted by atomic mass is 10.1. The molecule has 17 heavy (non-hydrogen) atoms. The van der Waals surface area contributed by atoms with Crippen LogP contribution in [0.1, 0.15) is 15.9 Å². The first kappa shape index (κ1) is 12.7. The number of hydrazone groups is 1. The van der Waals surface area contributed by atoms with Crippen molar-refractivity contribution in [2.45, 2.75) is 0 Å². The molecule has 6 nitrogen and oxygen atoms in total.